The van der Waals surface area contributed by atoms with Gasteiger partial charge in [0.05, 0.1) is 31.0 Å². The summed E-state index contributed by atoms with van der Waals surface area (Å²) < 4.78 is 47.9. The van der Waals surface area contributed by atoms with Gasteiger partial charge in [0.2, 0.25) is 4.80 Å². The molecule has 0 saturated heterocycles. The molecule has 0 amide bonds. The number of methoxy groups -OCH3 is 3. The molecule has 0 aliphatic rings. The number of sulfonamides is 1. The van der Waals surface area contributed by atoms with Gasteiger partial charge in [-0.25, -0.2) is 0 Å². The first kappa shape index (κ1) is 18.9. The van der Waals surface area contributed by atoms with Gasteiger partial charge in [-0.3, -0.25) is 0 Å². The third-order valence-corrected chi connectivity index (χ3v) is 7.45. The van der Waals surface area contributed by atoms with Crippen molar-refractivity contribution in [3.05, 3.63) is 34.4 Å². The first-order valence-corrected chi connectivity index (χ1v) is 10.7. The van der Waals surface area contributed by atoms with Crippen molar-refractivity contribution in [2.75, 3.05) is 27.9 Å². The minimum absolute atomic E-state index is 0.211. The Morgan fingerprint density at radius 1 is 1.15 bits per heavy atom. The van der Waals surface area contributed by atoms with E-state index in [0.29, 0.717) is 29.5 Å². The Morgan fingerprint density at radius 2 is 1.88 bits per heavy atom. The van der Waals surface area contributed by atoms with Gasteiger partial charge < -0.3 is 18.8 Å². The number of fused-ring (bicyclic) bond motifs is 1. The second kappa shape index (κ2) is 7.78. The molecule has 7 nitrogen and oxygen atoms in total. The minimum Gasteiger partial charge on any atom is -0.493 e. The molecule has 2 aromatic heterocycles. The summed E-state index contributed by atoms with van der Waals surface area (Å²) >= 11 is 2.42. The normalized spacial score (nSPS) is 12.7. The third-order valence-electron chi connectivity index (χ3n) is 3.65. The number of hydrogen-bond acceptors (Lipinski definition) is 7. The lowest BCUT2D eigenvalue weighted by molar-refractivity contribution is 0.187. The van der Waals surface area contributed by atoms with Crippen LogP contribution in [0.1, 0.15) is 0 Å². The molecule has 0 atom stereocenters. The van der Waals surface area contributed by atoms with Crippen LogP contribution < -0.4 is 14.3 Å². The van der Waals surface area contributed by atoms with Crippen molar-refractivity contribution < 1.29 is 22.6 Å². The van der Waals surface area contributed by atoms with Crippen LogP contribution >= 0.6 is 22.7 Å². The molecule has 26 heavy (non-hydrogen) atoms. The summed E-state index contributed by atoms with van der Waals surface area (Å²) in [4.78, 5) is 0.376. The highest BCUT2D eigenvalue weighted by Crippen LogP contribution is 2.33. The summed E-state index contributed by atoms with van der Waals surface area (Å²) in [6.07, 6.45) is 0. The van der Waals surface area contributed by atoms with Crippen molar-refractivity contribution in [1.82, 2.24) is 4.57 Å². The highest BCUT2D eigenvalue weighted by Gasteiger charge is 2.17. The van der Waals surface area contributed by atoms with Crippen molar-refractivity contribution in [1.29, 1.82) is 0 Å². The van der Waals surface area contributed by atoms with Gasteiger partial charge in [0.15, 0.2) is 11.5 Å². The summed E-state index contributed by atoms with van der Waals surface area (Å²) in [7, 11) is 0.944. The van der Waals surface area contributed by atoms with Gasteiger partial charge in [-0.05, 0) is 11.4 Å². The summed E-state index contributed by atoms with van der Waals surface area (Å²) in [5.74, 6) is 1.14. The fourth-order valence-corrected chi connectivity index (χ4v) is 5.66. The van der Waals surface area contributed by atoms with Crippen LogP contribution in [0.2, 0.25) is 0 Å². The number of ether oxygens (including phenoxy) is 3. The van der Waals surface area contributed by atoms with E-state index in [1.54, 1.807) is 38.8 Å². The molecule has 0 saturated carbocycles. The van der Waals surface area contributed by atoms with Crippen LogP contribution in [-0.4, -0.2) is 40.9 Å². The van der Waals surface area contributed by atoms with E-state index in [1.165, 1.54) is 11.3 Å². The molecule has 0 bridgehead atoms. The summed E-state index contributed by atoms with van der Waals surface area (Å²) in [6.45, 7) is 0.886. The van der Waals surface area contributed by atoms with Crippen LogP contribution in [0.4, 0.5) is 0 Å². The fourth-order valence-electron chi connectivity index (χ4n) is 2.42. The van der Waals surface area contributed by atoms with Crippen LogP contribution in [0.25, 0.3) is 10.2 Å². The first-order chi connectivity index (χ1) is 12.5. The van der Waals surface area contributed by atoms with E-state index in [4.69, 9.17) is 14.2 Å². The molecule has 3 aromatic rings. The van der Waals surface area contributed by atoms with Crippen molar-refractivity contribution in [3.63, 3.8) is 0 Å². The maximum Gasteiger partial charge on any atom is 0.294 e. The fraction of sp³-hybridized carbons (Fsp3) is 0.312. The number of thiazole rings is 1. The Balaban J connectivity index is 2.25. The quantitative estimate of drug-likeness (QED) is 0.594. The maximum absolute atomic E-state index is 12.6. The molecular weight excluding hydrogens is 396 g/mol. The predicted octanol–water partition coefficient (Wildman–Crippen LogP) is 2.72. The SMILES string of the molecule is COCCn1/c(=N/S(=O)(=O)c2cccs2)sc2cc(OC)c(OC)cc21. The molecule has 0 aliphatic heterocycles. The Bertz CT molecular complexity index is 1070. The standard InChI is InChI=1S/C16H18N2O5S3/c1-21-7-6-18-11-9-12(22-2)13(23-3)10-14(11)25-16(18)17-26(19,20)15-5-4-8-24-15/h4-5,8-10H,6-7H2,1-3H3/b17-16-. The Hall–Kier alpha value is -1.88. The summed E-state index contributed by atoms with van der Waals surface area (Å²) in [5.41, 5.74) is 0.810. The molecule has 0 fully saturated rings. The number of aromatic nitrogens is 1. The molecule has 0 N–H and O–H groups in total. The smallest absolute Gasteiger partial charge is 0.294 e. The van der Waals surface area contributed by atoms with Crippen LogP contribution in [-0.2, 0) is 21.3 Å². The average Bonchev–Trinajstić information content (AvgIpc) is 3.27. The van der Waals surface area contributed by atoms with Crippen LogP contribution in [0.15, 0.2) is 38.3 Å². The molecule has 0 aliphatic carbocycles. The number of rotatable bonds is 7. The van der Waals surface area contributed by atoms with Gasteiger partial charge >= 0.3 is 0 Å². The van der Waals surface area contributed by atoms with Crippen molar-refractivity contribution in [3.8, 4) is 11.5 Å². The zero-order valence-corrected chi connectivity index (χ0v) is 16.9. The molecule has 0 unspecified atom stereocenters. The molecule has 10 heteroatoms. The molecule has 140 valence electrons. The summed E-state index contributed by atoms with van der Waals surface area (Å²) in [5, 5.41) is 1.71. The number of hydrogen-bond donors (Lipinski definition) is 0. The lowest BCUT2D eigenvalue weighted by Crippen LogP contribution is -2.19. The highest BCUT2D eigenvalue weighted by molar-refractivity contribution is 7.92. The van der Waals surface area contributed by atoms with Crippen LogP contribution in [0, 0.1) is 0 Å². The topological polar surface area (TPSA) is 79.1 Å². The molecule has 0 spiro atoms. The van der Waals surface area contributed by atoms with Crippen molar-refractivity contribution in [2.45, 2.75) is 10.8 Å². The van der Waals surface area contributed by atoms with E-state index < -0.39 is 10.0 Å². The van der Waals surface area contributed by atoms with Crippen LogP contribution in [0.3, 0.4) is 0 Å². The second-order valence-electron chi connectivity index (χ2n) is 5.20. The molecule has 0 radical (unpaired) electrons. The molecular formula is C16H18N2O5S3. The Kier molecular flexibility index (Phi) is 5.66. The zero-order valence-electron chi connectivity index (χ0n) is 14.5. The predicted molar refractivity (Wildman–Crippen MR) is 102 cm³/mol. The first-order valence-electron chi connectivity index (χ1n) is 7.59. The van der Waals surface area contributed by atoms with Crippen molar-refractivity contribution in [2.24, 2.45) is 4.40 Å². The number of thiophene rings is 1. The average molecular weight is 415 g/mol. The van der Waals surface area contributed by atoms with Gasteiger partial charge in [-0.15, -0.1) is 15.7 Å². The Labute approximate surface area is 159 Å². The van der Waals surface area contributed by atoms with Gasteiger partial charge in [0.25, 0.3) is 10.0 Å². The maximum atomic E-state index is 12.6. The van der Waals surface area contributed by atoms with E-state index >= 15 is 0 Å². The Morgan fingerprint density at radius 3 is 2.50 bits per heavy atom. The molecule has 1 aromatic carbocycles. The van der Waals surface area contributed by atoms with Gasteiger partial charge in [-0.2, -0.15) is 8.42 Å². The summed E-state index contributed by atoms with van der Waals surface area (Å²) in [6, 6.07) is 6.87. The molecule has 3 rings (SSSR count). The lowest BCUT2D eigenvalue weighted by atomic mass is 10.3. The van der Waals surface area contributed by atoms with E-state index in [9.17, 15) is 8.42 Å². The largest absolute Gasteiger partial charge is 0.493 e. The van der Waals surface area contributed by atoms with E-state index in [1.807, 2.05) is 16.7 Å². The lowest BCUT2D eigenvalue weighted by Gasteiger charge is -2.09. The van der Waals surface area contributed by atoms with Crippen molar-refractivity contribution >= 4 is 42.9 Å². The third kappa shape index (κ3) is 3.63. The van der Waals surface area contributed by atoms with E-state index in [-0.39, 0.29) is 4.21 Å². The number of nitrogens with zero attached hydrogens (tertiary/aromatic N) is 2. The van der Waals surface area contributed by atoms with Gasteiger partial charge in [0, 0.05) is 25.8 Å². The highest BCUT2D eigenvalue weighted by atomic mass is 32.2. The minimum atomic E-state index is -3.77. The zero-order chi connectivity index (χ0) is 18.7. The number of benzene rings is 1. The second-order valence-corrected chi connectivity index (χ2v) is 8.99. The van der Waals surface area contributed by atoms with E-state index in [2.05, 4.69) is 4.40 Å². The molecule has 2 heterocycles. The monoisotopic (exact) mass is 414 g/mol. The van der Waals surface area contributed by atoms with Crippen LogP contribution in [0.5, 0.6) is 11.5 Å². The van der Waals surface area contributed by atoms with Gasteiger partial charge in [0.1, 0.15) is 4.21 Å². The van der Waals surface area contributed by atoms with Gasteiger partial charge in [-0.1, -0.05) is 17.4 Å². The van der Waals surface area contributed by atoms with E-state index in [0.717, 1.165) is 21.6 Å².